The quantitative estimate of drug-likeness (QED) is 0.579. The molecular weight excluding hydrogens is 283 g/mol. The molecule has 0 radical (unpaired) electrons. The van der Waals surface area contributed by atoms with Crippen molar-refractivity contribution in [2.45, 2.75) is 16.4 Å². The highest BCUT2D eigenvalue weighted by atomic mass is 127. The van der Waals surface area contributed by atoms with Crippen LogP contribution in [0.4, 0.5) is 0 Å². The molecule has 4 heteroatoms. The summed E-state index contributed by atoms with van der Waals surface area (Å²) in [6, 6.07) is 0. The summed E-state index contributed by atoms with van der Waals surface area (Å²) in [5.41, 5.74) is 0. The van der Waals surface area contributed by atoms with Crippen molar-refractivity contribution in [1.29, 1.82) is 0 Å². The van der Waals surface area contributed by atoms with Crippen LogP contribution in [0, 0.1) is 5.92 Å². The van der Waals surface area contributed by atoms with Crippen molar-refractivity contribution in [2.75, 3.05) is 33.0 Å². The molecule has 0 N–H and O–H groups in total. The summed E-state index contributed by atoms with van der Waals surface area (Å²) >= 11 is 2.40. The molecule has 2 fully saturated rings. The molecule has 0 amide bonds. The van der Waals surface area contributed by atoms with Crippen LogP contribution in [0.2, 0.25) is 0 Å². The fourth-order valence-electron chi connectivity index (χ4n) is 1.64. The Kier molecular flexibility index (Phi) is 3.83. The van der Waals surface area contributed by atoms with Crippen LogP contribution in [0.1, 0.15) is 6.42 Å². The van der Waals surface area contributed by atoms with Gasteiger partial charge in [-0.25, -0.2) is 0 Å². The van der Waals surface area contributed by atoms with Gasteiger partial charge < -0.3 is 14.2 Å². The maximum Gasteiger partial charge on any atom is 0.0948 e. The summed E-state index contributed by atoms with van der Waals surface area (Å²) in [5, 5.41) is 0. The van der Waals surface area contributed by atoms with Gasteiger partial charge >= 0.3 is 0 Å². The van der Waals surface area contributed by atoms with Gasteiger partial charge in [-0.1, -0.05) is 22.6 Å². The van der Waals surface area contributed by atoms with Crippen molar-refractivity contribution in [3.05, 3.63) is 0 Å². The zero-order valence-electron chi connectivity index (χ0n) is 7.58. The van der Waals surface area contributed by atoms with Gasteiger partial charge in [0, 0.05) is 12.5 Å². The van der Waals surface area contributed by atoms with Gasteiger partial charge in [-0.15, -0.1) is 0 Å². The van der Waals surface area contributed by atoms with Gasteiger partial charge in [0.15, 0.2) is 0 Å². The first-order chi connectivity index (χ1) is 6.36. The predicted octanol–water partition coefficient (Wildman–Crippen LogP) is 1.24. The van der Waals surface area contributed by atoms with E-state index in [0.717, 1.165) is 39.5 Å². The summed E-state index contributed by atoms with van der Waals surface area (Å²) in [6.07, 6.45) is 1.46. The first kappa shape index (κ1) is 10.1. The fraction of sp³-hybridized carbons (Fsp3) is 1.00. The lowest BCUT2D eigenvalue weighted by molar-refractivity contribution is 0.0223. The Hall–Kier alpha value is 0.610. The first-order valence-corrected chi connectivity index (χ1v) is 6.02. The molecule has 2 aliphatic rings. The standard InChI is InChI=1S/C9H15IO3/c10-8-5-12-6-9(8)13-4-7-1-2-11-3-7/h7-9H,1-6H2. The Morgan fingerprint density at radius 2 is 2.15 bits per heavy atom. The maximum atomic E-state index is 5.79. The molecule has 0 spiro atoms. The van der Waals surface area contributed by atoms with E-state index in [9.17, 15) is 0 Å². The van der Waals surface area contributed by atoms with E-state index >= 15 is 0 Å². The summed E-state index contributed by atoms with van der Waals surface area (Å²) in [7, 11) is 0. The van der Waals surface area contributed by atoms with Crippen molar-refractivity contribution < 1.29 is 14.2 Å². The van der Waals surface area contributed by atoms with E-state index in [0.29, 0.717) is 15.9 Å². The zero-order valence-corrected chi connectivity index (χ0v) is 9.73. The summed E-state index contributed by atoms with van der Waals surface area (Å²) in [4.78, 5) is 0. The third-order valence-electron chi connectivity index (χ3n) is 2.53. The summed E-state index contributed by atoms with van der Waals surface area (Å²) < 4.78 is 16.9. The number of hydrogen-bond donors (Lipinski definition) is 0. The van der Waals surface area contributed by atoms with Gasteiger partial charge in [-0.2, -0.15) is 0 Å². The van der Waals surface area contributed by atoms with Gasteiger partial charge in [0.1, 0.15) is 0 Å². The molecule has 0 bridgehead atoms. The molecule has 3 unspecified atom stereocenters. The van der Waals surface area contributed by atoms with Crippen LogP contribution in [0.25, 0.3) is 0 Å². The Labute approximate surface area is 92.2 Å². The second-order valence-corrected chi connectivity index (χ2v) is 5.25. The van der Waals surface area contributed by atoms with Crippen molar-refractivity contribution in [3.8, 4) is 0 Å². The summed E-state index contributed by atoms with van der Waals surface area (Å²) in [6.45, 7) is 4.23. The summed E-state index contributed by atoms with van der Waals surface area (Å²) in [5.74, 6) is 0.615. The molecule has 2 heterocycles. The van der Waals surface area contributed by atoms with E-state index in [2.05, 4.69) is 22.6 Å². The molecule has 0 aromatic rings. The van der Waals surface area contributed by atoms with Crippen LogP contribution in [0.5, 0.6) is 0 Å². The minimum atomic E-state index is 0.307. The average Bonchev–Trinajstić information content (AvgIpc) is 2.72. The monoisotopic (exact) mass is 298 g/mol. The topological polar surface area (TPSA) is 27.7 Å². The minimum Gasteiger partial charge on any atom is -0.381 e. The van der Waals surface area contributed by atoms with Crippen LogP contribution in [0.15, 0.2) is 0 Å². The largest absolute Gasteiger partial charge is 0.381 e. The van der Waals surface area contributed by atoms with Crippen molar-refractivity contribution >= 4 is 22.6 Å². The fourth-order valence-corrected chi connectivity index (χ4v) is 2.30. The van der Waals surface area contributed by atoms with Crippen LogP contribution in [-0.2, 0) is 14.2 Å². The number of halogens is 1. The molecule has 3 nitrogen and oxygen atoms in total. The van der Waals surface area contributed by atoms with Gasteiger partial charge in [0.05, 0.1) is 36.5 Å². The second kappa shape index (κ2) is 4.91. The highest BCUT2D eigenvalue weighted by Crippen LogP contribution is 2.20. The molecule has 0 aromatic heterocycles. The zero-order chi connectivity index (χ0) is 9.10. The first-order valence-electron chi connectivity index (χ1n) is 4.77. The lowest BCUT2D eigenvalue weighted by Crippen LogP contribution is -2.25. The smallest absolute Gasteiger partial charge is 0.0948 e. The van der Waals surface area contributed by atoms with E-state index in [-0.39, 0.29) is 0 Å². The highest BCUT2D eigenvalue weighted by molar-refractivity contribution is 14.1. The van der Waals surface area contributed by atoms with Gasteiger partial charge in [0.25, 0.3) is 0 Å². The van der Waals surface area contributed by atoms with Gasteiger partial charge in [0.2, 0.25) is 0 Å². The van der Waals surface area contributed by atoms with E-state index < -0.39 is 0 Å². The molecule has 0 aliphatic carbocycles. The Balaban J connectivity index is 1.66. The van der Waals surface area contributed by atoms with Crippen molar-refractivity contribution in [3.63, 3.8) is 0 Å². The van der Waals surface area contributed by atoms with Crippen LogP contribution < -0.4 is 0 Å². The Morgan fingerprint density at radius 3 is 2.77 bits per heavy atom. The third-order valence-corrected chi connectivity index (χ3v) is 3.69. The number of rotatable bonds is 3. The normalized spacial score (nSPS) is 39.9. The molecule has 2 saturated heterocycles. The lowest BCUT2D eigenvalue weighted by Gasteiger charge is -2.15. The van der Waals surface area contributed by atoms with Crippen molar-refractivity contribution in [2.24, 2.45) is 5.92 Å². The number of ether oxygens (including phenoxy) is 3. The molecule has 0 saturated carbocycles. The molecule has 76 valence electrons. The molecule has 0 aromatic carbocycles. The van der Waals surface area contributed by atoms with Crippen LogP contribution in [-0.4, -0.2) is 43.1 Å². The SMILES string of the molecule is IC1COCC1OCC1CCOC1. The van der Waals surface area contributed by atoms with Gasteiger partial charge in [-0.05, 0) is 6.42 Å². The molecule has 2 aliphatic heterocycles. The molecule has 3 atom stereocenters. The Bertz CT molecular complexity index is 159. The number of alkyl halides is 1. The highest BCUT2D eigenvalue weighted by Gasteiger charge is 2.27. The second-order valence-electron chi connectivity index (χ2n) is 3.65. The Morgan fingerprint density at radius 1 is 1.23 bits per heavy atom. The van der Waals surface area contributed by atoms with Gasteiger partial charge in [-0.3, -0.25) is 0 Å². The molecular formula is C9H15IO3. The maximum absolute atomic E-state index is 5.79. The van der Waals surface area contributed by atoms with E-state index in [1.54, 1.807) is 0 Å². The van der Waals surface area contributed by atoms with E-state index in [1.165, 1.54) is 0 Å². The number of hydrogen-bond acceptors (Lipinski definition) is 3. The van der Waals surface area contributed by atoms with Crippen LogP contribution in [0.3, 0.4) is 0 Å². The third kappa shape index (κ3) is 2.78. The van der Waals surface area contributed by atoms with Crippen LogP contribution >= 0.6 is 22.6 Å². The molecule has 2 rings (SSSR count). The van der Waals surface area contributed by atoms with Crippen molar-refractivity contribution in [1.82, 2.24) is 0 Å². The average molecular weight is 298 g/mol. The molecule has 13 heavy (non-hydrogen) atoms. The van der Waals surface area contributed by atoms with E-state index in [1.807, 2.05) is 0 Å². The van der Waals surface area contributed by atoms with E-state index in [4.69, 9.17) is 14.2 Å². The minimum absolute atomic E-state index is 0.307. The lowest BCUT2D eigenvalue weighted by atomic mass is 10.1. The predicted molar refractivity (Wildman–Crippen MR) is 57.3 cm³/mol.